The Morgan fingerprint density at radius 3 is 2.87 bits per heavy atom. The fourth-order valence-corrected chi connectivity index (χ4v) is 5.22. The van der Waals surface area contributed by atoms with E-state index in [4.69, 9.17) is 25.9 Å². The van der Waals surface area contributed by atoms with E-state index in [1.54, 1.807) is 0 Å². The number of allylic oxidation sites excluding steroid dienone is 2. The third-order valence-electron chi connectivity index (χ3n) is 5.33. The molecule has 0 N–H and O–H groups in total. The molecule has 4 rings (SSSR count). The molecule has 0 bridgehead atoms. The van der Waals surface area contributed by atoms with Crippen molar-refractivity contribution >= 4 is 38.9 Å². The smallest absolute Gasteiger partial charge is 0.344 e. The fraction of sp³-hybridized carbons (Fsp3) is 0.450. The fourth-order valence-electron chi connectivity index (χ4n) is 3.72. The van der Waals surface area contributed by atoms with Gasteiger partial charge in [-0.05, 0) is 25.0 Å². The van der Waals surface area contributed by atoms with Crippen LogP contribution in [-0.4, -0.2) is 44.5 Å². The minimum atomic E-state index is -3.66. The van der Waals surface area contributed by atoms with Crippen molar-refractivity contribution in [1.29, 1.82) is 0 Å². The molecule has 1 aromatic carbocycles. The normalized spacial score (nSPS) is 23.5. The number of hydrogen-bond donors (Lipinski definition) is 0. The van der Waals surface area contributed by atoms with Crippen molar-refractivity contribution in [2.45, 2.75) is 43.8 Å². The molecule has 2 atom stereocenters. The largest absolute Gasteiger partial charge is 0.427 e. The van der Waals surface area contributed by atoms with E-state index in [1.165, 1.54) is 25.1 Å². The summed E-state index contributed by atoms with van der Waals surface area (Å²) in [7, 11) is -3.66. The van der Waals surface area contributed by atoms with Gasteiger partial charge in [-0.1, -0.05) is 23.7 Å². The summed E-state index contributed by atoms with van der Waals surface area (Å²) in [6, 6.07) is 2.66. The molecule has 1 saturated heterocycles. The van der Waals surface area contributed by atoms with Gasteiger partial charge in [0.15, 0.2) is 15.6 Å². The molecular weight excluding hydrogens is 434 g/mol. The number of carbonyl (C=O) groups is 2. The number of ketones is 1. The standard InChI is InChI=1S/C20H20ClNO7S/c1-2-30(25,26)15-7-6-13(19(24)28-12-5-3-4-11(23)10-12)17(21)16(15)18-14-8-9-27-20(14)29-22-18/h6-7,10,14,20H,2-5,8-9H2,1H3. The second-order valence-electron chi connectivity index (χ2n) is 7.24. The van der Waals surface area contributed by atoms with Crippen LogP contribution in [0.5, 0.6) is 0 Å². The zero-order valence-electron chi connectivity index (χ0n) is 16.2. The molecule has 10 heteroatoms. The number of halogens is 1. The van der Waals surface area contributed by atoms with E-state index in [2.05, 4.69) is 5.16 Å². The number of nitrogens with zero attached hydrogens (tertiary/aromatic N) is 1. The Balaban J connectivity index is 1.77. The Morgan fingerprint density at radius 1 is 1.33 bits per heavy atom. The van der Waals surface area contributed by atoms with Crippen molar-refractivity contribution in [2.24, 2.45) is 11.1 Å². The maximum absolute atomic E-state index is 12.8. The number of carbonyl (C=O) groups excluding carboxylic acids is 2. The first-order valence-electron chi connectivity index (χ1n) is 9.68. The minimum absolute atomic E-state index is 0.00860. The van der Waals surface area contributed by atoms with Crippen LogP contribution in [0.3, 0.4) is 0 Å². The summed E-state index contributed by atoms with van der Waals surface area (Å²) in [4.78, 5) is 29.6. The summed E-state index contributed by atoms with van der Waals surface area (Å²) in [6.07, 6.45) is 2.78. The highest BCUT2D eigenvalue weighted by Crippen LogP contribution is 2.38. The van der Waals surface area contributed by atoms with E-state index in [0.717, 1.165) is 0 Å². The van der Waals surface area contributed by atoms with Gasteiger partial charge in [-0.15, -0.1) is 0 Å². The third-order valence-corrected chi connectivity index (χ3v) is 7.50. The first-order valence-corrected chi connectivity index (χ1v) is 11.7. The van der Waals surface area contributed by atoms with Crippen molar-refractivity contribution in [3.8, 4) is 0 Å². The van der Waals surface area contributed by atoms with Gasteiger partial charge in [0.25, 0.3) is 0 Å². The monoisotopic (exact) mass is 453 g/mol. The number of rotatable bonds is 5. The van der Waals surface area contributed by atoms with E-state index in [1.807, 2.05) is 0 Å². The van der Waals surface area contributed by atoms with Gasteiger partial charge < -0.3 is 14.3 Å². The maximum atomic E-state index is 12.8. The zero-order valence-corrected chi connectivity index (χ0v) is 17.8. The van der Waals surface area contributed by atoms with Gasteiger partial charge in [-0.2, -0.15) is 0 Å². The molecule has 0 spiro atoms. The molecule has 1 fully saturated rings. The van der Waals surface area contributed by atoms with Crippen LogP contribution in [0, 0.1) is 5.92 Å². The summed E-state index contributed by atoms with van der Waals surface area (Å²) in [6.45, 7) is 1.97. The quantitative estimate of drug-likeness (QED) is 0.630. The summed E-state index contributed by atoms with van der Waals surface area (Å²) >= 11 is 6.56. The van der Waals surface area contributed by atoms with Crippen LogP contribution < -0.4 is 0 Å². The van der Waals surface area contributed by atoms with Gasteiger partial charge in [-0.25, -0.2) is 13.2 Å². The van der Waals surface area contributed by atoms with Crippen molar-refractivity contribution in [1.82, 2.24) is 0 Å². The van der Waals surface area contributed by atoms with Crippen molar-refractivity contribution in [3.05, 3.63) is 40.1 Å². The predicted octanol–water partition coefficient (Wildman–Crippen LogP) is 3.02. The number of benzene rings is 1. The summed E-state index contributed by atoms with van der Waals surface area (Å²) in [5.74, 6) is -1.03. The van der Waals surface area contributed by atoms with Gasteiger partial charge in [0.2, 0.25) is 6.29 Å². The Labute approximate surface area is 178 Å². The first kappa shape index (κ1) is 21.0. The Kier molecular flexibility index (Phi) is 5.69. The van der Waals surface area contributed by atoms with Crippen molar-refractivity contribution in [2.75, 3.05) is 12.4 Å². The number of esters is 1. The van der Waals surface area contributed by atoms with Gasteiger partial charge in [0.05, 0.1) is 39.5 Å². The zero-order chi connectivity index (χ0) is 21.5. The molecule has 0 amide bonds. The van der Waals surface area contributed by atoms with Crippen LogP contribution in [0.15, 0.2) is 34.0 Å². The summed E-state index contributed by atoms with van der Waals surface area (Å²) < 4.78 is 36.2. The SMILES string of the molecule is CCS(=O)(=O)c1ccc(C(=O)OC2=CC(=O)CCC2)c(Cl)c1C1=NOC2OCCC12. The lowest BCUT2D eigenvalue weighted by Gasteiger charge is -2.17. The average molecular weight is 454 g/mol. The molecule has 8 nitrogen and oxygen atoms in total. The molecule has 160 valence electrons. The topological polar surface area (TPSA) is 108 Å². The molecule has 1 aromatic rings. The number of fused-ring (bicyclic) bond motifs is 1. The third kappa shape index (κ3) is 3.77. The lowest BCUT2D eigenvalue weighted by Crippen LogP contribution is -2.22. The highest BCUT2D eigenvalue weighted by molar-refractivity contribution is 7.91. The number of sulfone groups is 1. The van der Waals surface area contributed by atoms with E-state index < -0.39 is 22.1 Å². The molecule has 3 aliphatic rings. The van der Waals surface area contributed by atoms with E-state index in [-0.39, 0.29) is 44.3 Å². The molecule has 2 unspecified atom stereocenters. The Morgan fingerprint density at radius 2 is 2.13 bits per heavy atom. The highest BCUT2D eigenvalue weighted by Gasteiger charge is 2.43. The van der Waals surface area contributed by atoms with Crippen LogP contribution in [0.2, 0.25) is 5.02 Å². The van der Waals surface area contributed by atoms with Crippen molar-refractivity contribution < 1.29 is 32.3 Å². The second-order valence-corrected chi connectivity index (χ2v) is 9.86. The van der Waals surface area contributed by atoms with E-state index in [9.17, 15) is 18.0 Å². The number of oxime groups is 1. The Bertz CT molecular complexity index is 1080. The van der Waals surface area contributed by atoms with Crippen LogP contribution in [0.1, 0.15) is 48.5 Å². The summed E-state index contributed by atoms with van der Waals surface area (Å²) in [5.41, 5.74) is 0.474. The second kappa shape index (κ2) is 8.13. The first-order chi connectivity index (χ1) is 14.3. The van der Waals surface area contributed by atoms with Gasteiger partial charge in [0.1, 0.15) is 5.76 Å². The summed E-state index contributed by atoms with van der Waals surface area (Å²) in [5, 5.41) is 3.94. The van der Waals surface area contributed by atoms with E-state index in [0.29, 0.717) is 38.0 Å². The molecule has 30 heavy (non-hydrogen) atoms. The van der Waals surface area contributed by atoms with Crippen molar-refractivity contribution in [3.63, 3.8) is 0 Å². The van der Waals surface area contributed by atoms with Gasteiger partial charge >= 0.3 is 5.97 Å². The van der Waals surface area contributed by atoms with Crippen LogP contribution >= 0.6 is 11.6 Å². The Hall–Kier alpha value is -2.23. The lowest BCUT2D eigenvalue weighted by molar-refractivity contribution is -0.115. The van der Waals surface area contributed by atoms with Crippen LogP contribution in [0.25, 0.3) is 0 Å². The molecule has 2 aliphatic heterocycles. The minimum Gasteiger partial charge on any atom is -0.427 e. The number of hydrogen-bond acceptors (Lipinski definition) is 8. The maximum Gasteiger partial charge on any atom is 0.344 e. The molecule has 0 saturated carbocycles. The molecular formula is C20H20ClNO7S. The average Bonchev–Trinajstić information content (AvgIpc) is 3.31. The molecule has 2 heterocycles. The predicted molar refractivity (Wildman–Crippen MR) is 107 cm³/mol. The molecule has 0 aromatic heterocycles. The van der Waals surface area contributed by atoms with Crippen LogP contribution in [0.4, 0.5) is 0 Å². The lowest BCUT2D eigenvalue weighted by atomic mass is 9.94. The molecule has 0 radical (unpaired) electrons. The van der Waals surface area contributed by atoms with Gasteiger partial charge in [0, 0.05) is 24.5 Å². The highest BCUT2D eigenvalue weighted by atomic mass is 35.5. The molecule has 1 aliphatic carbocycles. The van der Waals surface area contributed by atoms with Gasteiger partial charge in [-0.3, -0.25) is 4.79 Å². The number of ether oxygens (including phenoxy) is 2. The van der Waals surface area contributed by atoms with E-state index >= 15 is 0 Å². The van der Waals surface area contributed by atoms with Crippen LogP contribution in [-0.2, 0) is 28.9 Å².